The van der Waals surface area contributed by atoms with Gasteiger partial charge in [-0.15, -0.1) is 0 Å². The molecule has 1 N–H and O–H groups in total. The minimum atomic E-state index is -0.812. The van der Waals surface area contributed by atoms with Gasteiger partial charge in [0.05, 0.1) is 6.61 Å². The molecule has 19 heavy (non-hydrogen) atoms. The molecule has 2 aromatic carbocycles. The van der Waals surface area contributed by atoms with E-state index in [4.69, 9.17) is 4.84 Å². The van der Waals surface area contributed by atoms with Crippen molar-refractivity contribution in [3.05, 3.63) is 71.3 Å². The molecule has 0 saturated heterocycles. The first kappa shape index (κ1) is 13.2. The van der Waals surface area contributed by atoms with E-state index < -0.39 is 17.5 Å². The molecule has 2 aromatic rings. The van der Waals surface area contributed by atoms with E-state index in [0.29, 0.717) is 6.07 Å². The van der Waals surface area contributed by atoms with Gasteiger partial charge in [-0.05, 0) is 17.7 Å². The highest BCUT2D eigenvalue weighted by Gasteiger charge is 2.09. The number of rotatable bonds is 4. The van der Waals surface area contributed by atoms with Crippen molar-refractivity contribution >= 4 is 5.91 Å². The van der Waals surface area contributed by atoms with Crippen LogP contribution in [0.5, 0.6) is 0 Å². The molecule has 98 valence electrons. The van der Waals surface area contributed by atoms with E-state index in [-0.39, 0.29) is 12.2 Å². The third-order valence-electron chi connectivity index (χ3n) is 2.37. The number of amides is 1. The molecule has 0 bridgehead atoms. The van der Waals surface area contributed by atoms with Gasteiger partial charge in [0, 0.05) is 11.6 Å². The molecule has 0 aromatic heterocycles. The van der Waals surface area contributed by atoms with Gasteiger partial charge in [0.25, 0.3) is 5.91 Å². The summed E-state index contributed by atoms with van der Waals surface area (Å²) in [5.74, 6) is -2.32. The quantitative estimate of drug-likeness (QED) is 0.861. The van der Waals surface area contributed by atoms with Crippen LogP contribution in [0.2, 0.25) is 0 Å². The second-order valence-corrected chi connectivity index (χ2v) is 3.86. The van der Waals surface area contributed by atoms with Crippen LogP contribution in [0.4, 0.5) is 8.78 Å². The van der Waals surface area contributed by atoms with Crippen LogP contribution in [0.25, 0.3) is 0 Å². The van der Waals surface area contributed by atoms with Gasteiger partial charge in [-0.3, -0.25) is 9.63 Å². The summed E-state index contributed by atoms with van der Waals surface area (Å²) in [5, 5.41) is 0. The SMILES string of the molecule is O=C(NOCc1ccccc1)c1cc(F)cc(F)c1. The number of hydroxylamine groups is 1. The summed E-state index contributed by atoms with van der Waals surface area (Å²) in [6.45, 7) is 0.171. The van der Waals surface area contributed by atoms with Gasteiger partial charge < -0.3 is 0 Å². The Morgan fingerprint density at radius 3 is 2.32 bits per heavy atom. The van der Waals surface area contributed by atoms with Crippen LogP contribution in [0.1, 0.15) is 15.9 Å². The van der Waals surface area contributed by atoms with E-state index in [9.17, 15) is 13.6 Å². The van der Waals surface area contributed by atoms with Crippen LogP contribution in [0.3, 0.4) is 0 Å². The first-order valence-electron chi connectivity index (χ1n) is 5.57. The highest BCUT2D eigenvalue weighted by molar-refractivity contribution is 5.93. The maximum Gasteiger partial charge on any atom is 0.275 e. The fraction of sp³-hybridized carbons (Fsp3) is 0.0714. The molecule has 0 radical (unpaired) electrons. The lowest BCUT2D eigenvalue weighted by atomic mass is 10.2. The van der Waals surface area contributed by atoms with E-state index in [0.717, 1.165) is 17.7 Å². The fourth-order valence-electron chi connectivity index (χ4n) is 1.50. The van der Waals surface area contributed by atoms with Crippen molar-refractivity contribution in [2.24, 2.45) is 0 Å². The van der Waals surface area contributed by atoms with E-state index in [1.165, 1.54) is 0 Å². The van der Waals surface area contributed by atoms with E-state index in [1.54, 1.807) is 0 Å². The van der Waals surface area contributed by atoms with Gasteiger partial charge in [-0.2, -0.15) is 0 Å². The zero-order valence-electron chi connectivity index (χ0n) is 9.90. The lowest BCUT2D eigenvalue weighted by Crippen LogP contribution is -2.23. The van der Waals surface area contributed by atoms with Crippen LogP contribution in [-0.2, 0) is 11.4 Å². The summed E-state index contributed by atoms with van der Waals surface area (Å²) in [4.78, 5) is 16.5. The molecule has 3 nitrogen and oxygen atoms in total. The van der Waals surface area contributed by atoms with E-state index >= 15 is 0 Å². The van der Waals surface area contributed by atoms with Gasteiger partial charge in [0.2, 0.25) is 0 Å². The van der Waals surface area contributed by atoms with Crippen molar-refractivity contribution in [3.63, 3.8) is 0 Å². The van der Waals surface area contributed by atoms with Crippen LogP contribution < -0.4 is 5.48 Å². The lowest BCUT2D eigenvalue weighted by Gasteiger charge is -2.06. The van der Waals surface area contributed by atoms with Gasteiger partial charge >= 0.3 is 0 Å². The number of carbonyl (C=O) groups is 1. The Kier molecular flexibility index (Phi) is 4.20. The predicted molar refractivity (Wildman–Crippen MR) is 65.1 cm³/mol. The molecule has 0 aliphatic rings. The van der Waals surface area contributed by atoms with Gasteiger partial charge in [-0.25, -0.2) is 14.3 Å². The smallest absolute Gasteiger partial charge is 0.269 e. The minimum Gasteiger partial charge on any atom is -0.269 e. The summed E-state index contributed by atoms with van der Waals surface area (Å²) in [6, 6.07) is 11.8. The lowest BCUT2D eigenvalue weighted by molar-refractivity contribution is 0.0233. The Morgan fingerprint density at radius 1 is 1.05 bits per heavy atom. The normalized spacial score (nSPS) is 10.2. The molecule has 0 unspecified atom stereocenters. The number of hydrogen-bond acceptors (Lipinski definition) is 2. The highest BCUT2D eigenvalue weighted by Crippen LogP contribution is 2.08. The van der Waals surface area contributed by atoms with Gasteiger partial charge in [-0.1, -0.05) is 30.3 Å². The van der Waals surface area contributed by atoms with Crippen LogP contribution >= 0.6 is 0 Å². The summed E-state index contributed by atoms with van der Waals surface area (Å²) in [6.07, 6.45) is 0. The zero-order valence-corrected chi connectivity index (χ0v) is 9.90. The summed E-state index contributed by atoms with van der Waals surface area (Å²) in [7, 11) is 0. The highest BCUT2D eigenvalue weighted by atomic mass is 19.1. The second kappa shape index (κ2) is 6.06. The molecule has 0 aliphatic heterocycles. The third kappa shape index (κ3) is 3.86. The molecule has 0 fully saturated rings. The number of hydrogen-bond donors (Lipinski definition) is 1. The van der Waals surface area contributed by atoms with E-state index in [2.05, 4.69) is 5.48 Å². The van der Waals surface area contributed by atoms with Crippen molar-refractivity contribution in [1.82, 2.24) is 5.48 Å². The van der Waals surface area contributed by atoms with Crippen molar-refractivity contribution in [2.45, 2.75) is 6.61 Å². The Bertz CT molecular complexity index is 553. The standard InChI is InChI=1S/C14H11F2NO2/c15-12-6-11(7-13(16)8-12)14(18)17-19-9-10-4-2-1-3-5-10/h1-8H,9H2,(H,17,18). The largest absolute Gasteiger partial charge is 0.275 e. The summed E-state index contributed by atoms with van der Waals surface area (Å²) in [5.41, 5.74) is 2.86. The minimum absolute atomic E-state index is 0.134. The van der Waals surface area contributed by atoms with Crippen molar-refractivity contribution in [1.29, 1.82) is 0 Å². The molecule has 0 atom stereocenters. The Balaban J connectivity index is 1.91. The molecule has 0 heterocycles. The molecule has 0 spiro atoms. The van der Waals surface area contributed by atoms with Crippen LogP contribution in [-0.4, -0.2) is 5.91 Å². The number of nitrogens with one attached hydrogen (secondary N) is 1. The molecular weight excluding hydrogens is 252 g/mol. The average Bonchev–Trinajstić information content (AvgIpc) is 2.38. The molecule has 0 aliphatic carbocycles. The molecule has 2 rings (SSSR count). The van der Waals surface area contributed by atoms with Crippen molar-refractivity contribution in [2.75, 3.05) is 0 Å². The monoisotopic (exact) mass is 263 g/mol. The predicted octanol–water partition coefficient (Wildman–Crippen LogP) is 2.83. The second-order valence-electron chi connectivity index (χ2n) is 3.86. The average molecular weight is 263 g/mol. The number of benzene rings is 2. The van der Waals surface area contributed by atoms with E-state index in [1.807, 2.05) is 30.3 Å². The number of carbonyl (C=O) groups excluding carboxylic acids is 1. The van der Waals surface area contributed by atoms with Crippen LogP contribution in [0.15, 0.2) is 48.5 Å². The van der Waals surface area contributed by atoms with Crippen molar-refractivity contribution in [3.8, 4) is 0 Å². The summed E-state index contributed by atoms with van der Waals surface area (Å²) >= 11 is 0. The maximum atomic E-state index is 12.9. The first-order chi connectivity index (χ1) is 9.15. The Labute approximate surface area is 108 Å². The zero-order chi connectivity index (χ0) is 13.7. The molecule has 0 saturated carbocycles. The van der Waals surface area contributed by atoms with Crippen LogP contribution in [0, 0.1) is 11.6 Å². The maximum absolute atomic E-state index is 12.9. The topological polar surface area (TPSA) is 38.3 Å². The first-order valence-corrected chi connectivity index (χ1v) is 5.57. The fourth-order valence-corrected chi connectivity index (χ4v) is 1.50. The van der Waals surface area contributed by atoms with Gasteiger partial charge in [0.15, 0.2) is 0 Å². The number of halogens is 2. The molecule has 1 amide bonds. The Morgan fingerprint density at radius 2 is 1.68 bits per heavy atom. The Hall–Kier alpha value is -2.27. The summed E-state index contributed by atoms with van der Waals surface area (Å²) < 4.78 is 25.8. The molecule has 5 heteroatoms. The third-order valence-corrected chi connectivity index (χ3v) is 2.37. The van der Waals surface area contributed by atoms with Gasteiger partial charge in [0.1, 0.15) is 11.6 Å². The molecular formula is C14H11F2NO2. The van der Waals surface area contributed by atoms with Crippen molar-refractivity contribution < 1.29 is 18.4 Å².